The van der Waals surface area contributed by atoms with Gasteiger partial charge in [0.15, 0.2) is 5.79 Å². The van der Waals surface area contributed by atoms with Gasteiger partial charge in [-0.3, -0.25) is 0 Å². The Kier molecular flexibility index (Phi) is 2.32. The molecule has 0 aromatic carbocycles. The number of rotatable bonds is 1. The lowest BCUT2D eigenvalue weighted by Gasteiger charge is -2.22. The van der Waals surface area contributed by atoms with Crippen molar-refractivity contribution in [2.24, 2.45) is 5.73 Å². The van der Waals surface area contributed by atoms with Crippen LogP contribution in [0.15, 0.2) is 0 Å². The van der Waals surface area contributed by atoms with Gasteiger partial charge in [-0.2, -0.15) is 0 Å². The molecule has 2 saturated heterocycles. The fourth-order valence-corrected chi connectivity index (χ4v) is 1.89. The first-order valence-electron chi connectivity index (χ1n) is 4.77. The number of ether oxygens (including phenoxy) is 3. The van der Waals surface area contributed by atoms with Crippen molar-refractivity contribution < 1.29 is 14.2 Å². The summed E-state index contributed by atoms with van der Waals surface area (Å²) >= 11 is 0. The third-order valence-corrected chi connectivity index (χ3v) is 2.58. The summed E-state index contributed by atoms with van der Waals surface area (Å²) in [6.45, 7) is 5.15. The van der Waals surface area contributed by atoms with Gasteiger partial charge in [-0.15, -0.1) is 0 Å². The van der Waals surface area contributed by atoms with Crippen LogP contribution in [0.1, 0.15) is 20.3 Å². The highest BCUT2D eigenvalue weighted by molar-refractivity contribution is 4.89. The third kappa shape index (κ3) is 1.86. The Morgan fingerprint density at radius 3 is 2.62 bits per heavy atom. The summed E-state index contributed by atoms with van der Waals surface area (Å²) < 4.78 is 16.6. The molecule has 2 N–H and O–H groups in total. The van der Waals surface area contributed by atoms with Crippen molar-refractivity contribution in [3.8, 4) is 0 Å². The molecule has 0 aliphatic carbocycles. The van der Waals surface area contributed by atoms with Crippen molar-refractivity contribution in [3.05, 3.63) is 0 Å². The van der Waals surface area contributed by atoms with E-state index >= 15 is 0 Å². The van der Waals surface area contributed by atoms with E-state index in [4.69, 9.17) is 19.9 Å². The van der Waals surface area contributed by atoms with Gasteiger partial charge in [0.1, 0.15) is 12.2 Å². The van der Waals surface area contributed by atoms with Crippen molar-refractivity contribution in [2.45, 2.75) is 44.3 Å². The summed E-state index contributed by atoms with van der Waals surface area (Å²) in [7, 11) is 0. The van der Waals surface area contributed by atoms with E-state index < -0.39 is 5.79 Å². The zero-order valence-corrected chi connectivity index (χ0v) is 8.16. The molecule has 2 aliphatic rings. The second kappa shape index (κ2) is 3.20. The molecule has 0 spiro atoms. The summed E-state index contributed by atoms with van der Waals surface area (Å²) in [5, 5.41) is 0. The van der Waals surface area contributed by atoms with Crippen LogP contribution in [0.3, 0.4) is 0 Å². The van der Waals surface area contributed by atoms with Crippen LogP contribution >= 0.6 is 0 Å². The normalized spacial score (nSPS) is 44.1. The summed E-state index contributed by atoms with van der Waals surface area (Å²) in [5.74, 6) is -0.476. The zero-order valence-electron chi connectivity index (χ0n) is 8.16. The standard InChI is InChI=1S/C9H17NO3/c1-9(2)12-5-7(13-9)8-6(10)3-4-11-8/h6-8H,3-5,10H2,1-2H3. The second-order valence-electron chi connectivity index (χ2n) is 4.16. The molecule has 4 heteroatoms. The Morgan fingerprint density at radius 2 is 2.15 bits per heavy atom. The first kappa shape index (κ1) is 9.40. The number of nitrogens with two attached hydrogens (primary N) is 1. The summed E-state index contributed by atoms with van der Waals surface area (Å²) in [6.07, 6.45) is 0.944. The van der Waals surface area contributed by atoms with Crippen LogP contribution in [0.25, 0.3) is 0 Å². The van der Waals surface area contributed by atoms with Gasteiger partial charge in [0.05, 0.1) is 6.61 Å². The van der Waals surface area contributed by atoms with Crippen LogP contribution in [0.5, 0.6) is 0 Å². The Labute approximate surface area is 78.3 Å². The van der Waals surface area contributed by atoms with Crippen molar-refractivity contribution >= 4 is 0 Å². The Balaban J connectivity index is 1.95. The molecule has 0 amide bonds. The molecule has 2 aliphatic heterocycles. The smallest absolute Gasteiger partial charge is 0.163 e. The molecule has 76 valence electrons. The number of hydrogen-bond acceptors (Lipinski definition) is 4. The lowest BCUT2D eigenvalue weighted by molar-refractivity contribution is -0.152. The maximum atomic E-state index is 5.89. The van der Waals surface area contributed by atoms with Gasteiger partial charge < -0.3 is 19.9 Å². The molecule has 0 aromatic heterocycles. The molecule has 3 unspecified atom stereocenters. The molecular weight excluding hydrogens is 170 g/mol. The SMILES string of the molecule is CC1(C)OCC(C2OCCC2N)O1. The van der Waals surface area contributed by atoms with Gasteiger partial charge in [-0.25, -0.2) is 0 Å². The Hall–Kier alpha value is -0.160. The molecule has 2 rings (SSSR count). The highest BCUT2D eigenvalue weighted by Gasteiger charge is 2.42. The van der Waals surface area contributed by atoms with Crippen LogP contribution in [-0.2, 0) is 14.2 Å². The van der Waals surface area contributed by atoms with Gasteiger partial charge in [0.2, 0.25) is 0 Å². The van der Waals surface area contributed by atoms with Crippen molar-refractivity contribution in [1.82, 2.24) is 0 Å². The highest BCUT2D eigenvalue weighted by atomic mass is 16.7. The van der Waals surface area contributed by atoms with E-state index in [-0.39, 0.29) is 18.2 Å². The summed E-state index contributed by atoms with van der Waals surface area (Å²) in [6, 6.07) is 0.0995. The van der Waals surface area contributed by atoms with Gasteiger partial charge in [0.25, 0.3) is 0 Å². The average Bonchev–Trinajstić information content (AvgIpc) is 2.56. The molecule has 0 radical (unpaired) electrons. The fourth-order valence-electron chi connectivity index (χ4n) is 1.89. The van der Waals surface area contributed by atoms with Crippen molar-refractivity contribution in [2.75, 3.05) is 13.2 Å². The summed E-state index contributed by atoms with van der Waals surface area (Å²) in [5.41, 5.74) is 5.89. The average molecular weight is 187 g/mol. The van der Waals surface area contributed by atoms with Crippen LogP contribution in [0, 0.1) is 0 Å². The molecule has 0 bridgehead atoms. The monoisotopic (exact) mass is 187 g/mol. The van der Waals surface area contributed by atoms with Crippen LogP contribution in [0.2, 0.25) is 0 Å². The topological polar surface area (TPSA) is 53.7 Å². The maximum Gasteiger partial charge on any atom is 0.163 e. The predicted molar refractivity (Wildman–Crippen MR) is 47.2 cm³/mol. The number of hydrogen-bond donors (Lipinski definition) is 1. The van der Waals surface area contributed by atoms with Gasteiger partial charge in [-0.1, -0.05) is 0 Å². The Morgan fingerprint density at radius 1 is 1.38 bits per heavy atom. The van der Waals surface area contributed by atoms with E-state index in [1.807, 2.05) is 13.8 Å². The highest BCUT2D eigenvalue weighted by Crippen LogP contribution is 2.28. The molecule has 0 saturated carbocycles. The van der Waals surface area contributed by atoms with E-state index in [9.17, 15) is 0 Å². The van der Waals surface area contributed by atoms with Gasteiger partial charge in [-0.05, 0) is 20.3 Å². The maximum absolute atomic E-state index is 5.89. The lowest BCUT2D eigenvalue weighted by atomic mass is 10.1. The molecule has 3 atom stereocenters. The van der Waals surface area contributed by atoms with Gasteiger partial charge in [0, 0.05) is 12.6 Å². The van der Waals surface area contributed by atoms with Crippen LogP contribution < -0.4 is 5.73 Å². The van der Waals surface area contributed by atoms with E-state index in [2.05, 4.69) is 0 Å². The van der Waals surface area contributed by atoms with E-state index in [1.165, 1.54) is 0 Å². The summed E-state index contributed by atoms with van der Waals surface area (Å²) in [4.78, 5) is 0. The molecule has 13 heavy (non-hydrogen) atoms. The van der Waals surface area contributed by atoms with E-state index in [0.717, 1.165) is 13.0 Å². The van der Waals surface area contributed by atoms with Crippen molar-refractivity contribution in [3.63, 3.8) is 0 Å². The molecule has 2 fully saturated rings. The van der Waals surface area contributed by atoms with E-state index in [0.29, 0.717) is 6.61 Å². The zero-order chi connectivity index (χ0) is 9.47. The van der Waals surface area contributed by atoms with Gasteiger partial charge >= 0.3 is 0 Å². The van der Waals surface area contributed by atoms with Crippen molar-refractivity contribution in [1.29, 1.82) is 0 Å². The predicted octanol–water partition coefficient (Wildman–Crippen LogP) is 0.254. The van der Waals surface area contributed by atoms with Crippen LogP contribution in [-0.4, -0.2) is 37.3 Å². The first-order valence-corrected chi connectivity index (χ1v) is 4.77. The van der Waals surface area contributed by atoms with E-state index in [1.54, 1.807) is 0 Å². The second-order valence-corrected chi connectivity index (χ2v) is 4.16. The lowest BCUT2D eigenvalue weighted by Crippen LogP contribution is -2.41. The molecule has 0 aromatic rings. The minimum atomic E-state index is -0.476. The van der Waals surface area contributed by atoms with Crippen LogP contribution in [0.4, 0.5) is 0 Å². The first-order chi connectivity index (χ1) is 6.08. The minimum absolute atomic E-state index is 0.00694. The molecule has 2 heterocycles. The largest absolute Gasteiger partial charge is 0.374 e. The molecular formula is C9H17NO3. The quantitative estimate of drug-likeness (QED) is 0.639. The Bertz CT molecular complexity index is 195. The third-order valence-electron chi connectivity index (χ3n) is 2.58. The fraction of sp³-hybridized carbons (Fsp3) is 1.00. The minimum Gasteiger partial charge on any atom is -0.374 e. The molecule has 4 nitrogen and oxygen atoms in total.